The van der Waals surface area contributed by atoms with E-state index in [1.807, 2.05) is 24.3 Å². The number of carbonyl (C=O) groups is 2. The number of rotatable bonds is 8. The van der Waals surface area contributed by atoms with E-state index in [9.17, 15) is 9.59 Å². The molecule has 1 atom stereocenters. The SMILES string of the molecule is COc1cc(OC)c(OC)cc1CNC(=O)CCN1C(=O)C(C)Oc2ccccc21. The van der Waals surface area contributed by atoms with Gasteiger partial charge in [0.2, 0.25) is 5.91 Å². The summed E-state index contributed by atoms with van der Waals surface area (Å²) in [5.41, 5.74) is 1.43. The Morgan fingerprint density at radius 3 is 2.43 bits per heavy atom. The monoisotopic (exact) mass is 414 g/mol. The molecule has 2 aromatic rings. The molecule has 30 heavy (non-hydrogen) atoms. The highest BCUT2D eigenvalue weighted by Crippen LogP contribution is 2.35. The Bertz CT molecular complexity index is 930. The topological polar surface area (TPSA) is 86.3 Å². The number of carbonyl (C=O) groups excluding carboxylic acids is 2. The average Bonchev–Trinajstić information content (AvgIpc) is 2.77. The highest BCUT2D eigenvalue weighted by Gasteiger charge is 2.31. The van der Waals surface area contributed by atoms with Crippen molar-refractivity contribution in [3.63, 3.8) is 0 Å². The van der Waals surface area contributed by atoms with Crippen molar-refractivity contribution in [2.75, 3.05) is 32.8 Å². The molecule has 1 unspecified atom stereocenters. The second-order valence-electron chi connectivity index (χ2n) is 6.76. The number of nitrogens with one attached hydrogen (secondary N) is 1. The summed E-state index contributed by atoms with van der Waals surface area (Å²) in [4.78, 5) is 26.6. The van der Waals surface area contributed by atoms with Gasteiger partial charge in [-0.15, -0.1) is 0 Å². The van der Waals surface area contributed by atoms with Crippen LogP contribution < -0.4 is 29.2 Å². The average molecular weight is 414 g/mol. The lowest BCUT2D eigenvalue weighted by Crippen LogP contribution is -2.45. The molecule has 0 saturated heterocycles. The summed E-state index contributed by atoms with van der Waals surface area (Å²) in [6, 6.07) is 10.8. The largest absolute Gasteiger partial charge is 0.496 e. The molecular formula is C22H26N2O6. The molecule has 1 aliphatic heterocycles. The van der Waals surface area contributed by atoms with E-state index in [1.54, 1.807) is 45.3 Å². The fourth-order valence-corrected chi connectivity index (χ4v) is 3.32. The van der Waals surface area contributed by atoms with Crippen LogP contribution in [0.25, 0.3) is 0 Å². The van der Waals surface area contributed by atoms with Gasteiger partial charge in [-0.05, 0) is 25.1 Å². The van der Waals surface area contributed by atoms with Gasteiger partial charge in [0.1, 0.15) is 11.5 Å². The zero-order chi connectivity index (χ0) is 21.7. The number of amides is 2. The summed E-state index contributed by atoms with van der Waals surface area (Å²) in [5, 5.41) is 2.87. The minimum atomic E-state index is -0.584. The lowest BCUT2D eigenvalue weighted by molar-refractivity contribution is -0.125. The van der Waals surface area contributed by atoms with Crippen molar-refractivity contribution >= 4 is 17.5 Å². The van der Waals surface area contributed by atoms with Crippen molar-refractivity contribution in [2.45, 2.75) is 26.0 Å². The summed E-state index contributed by atoms with van der Waals surface area (Å²) in [6.07, 6.45) is -0.429. The molecule has 1 N–H and O–H groups in total. The molecule has 0 bridgehead atoms. The van der Waals surface area contributed by atoms with E-state index in [-0.39, 0.29) is 31.3 Å². The summed E-state index contributed by atoms with van der Waals surface area (Å²) in [5.74, 6) is 1.97. The van der Waals surface area contributed by atoms with Gasteiger partial charge in [0, 0.05) is 31.1 Å². The number of methoxy groups -OCH3 is 3. The molecule has 0 spiro atoms. The third kappa shape index (κ3) is 4.42. The maximum Gasteiger partial charge on any atom is 0.267 e. The van der Waals surface area contributed by atoms with E-state index in [1.165, 1.54) is 0 Å². The maximum atomic E-state index is 12.5. The summed E-state index contributed by atoms with van der Waals surface area (Å²) in [7, 11) is 4.64. The number of hydrogen-bond donors (Lipinski definition) is 1. The first-order valence-corrected chi connectivity index (χ1v) is 9.61. The summed E-state index contributed by atoms with van der Waals surface area (Å²) < 4.78 is 21.6. The van der Waals surface area contributed by atoms with Crippen molar-refractivity contribution in [3.05, 3.63) is 42.0 Å². The van der Waals surface area contributed by atoms with Gasteiger partial charge in [-0.25, -0.2) is 0 Å². The van der Waals surface area contributed by atoms with Gasteiger partial charge in [0.05, 0.1) is 27.0 Å². The van der Waals surface area contributed by atoms with Crippen LogP contribution >= 0.6 is 0 Å². The molecule has 0 aromatic heterocycles. The van der Waals surface area contributed by atoms with Gasteiger partial charge in [-0.2, -0.15) is 0 Å². The second-order valence-corrected chi connectivity index (χ2v) is 6.76. The molecule has 3 rings (SSSR count). The van der Waals surface area contributed by atoms with Crippen LogP contribution in [0.2, 0.25) is 0 Å². The van der Waals surface area contributed by atoms with E-state index < -0.39 is 6.10 Å². The molecule has 2 amide bonds. The van der Waals surface area contributed by atoms with Crippen LogP contribution in [0.3, 0.4) is 0 Å². The normalized spacial score (nSPS) is 15.1. The smallest absolute Gasteiger partial charge is 0.267 e. The van der Waals surface area contributed by atoms with Gasteiger partial charge in [0.15, 0.2) is 17.6 Å². The Morgan fingerprint density at radius 1 is 1.07 bits per heavy atom. The number of hydrogen-bond acceptors (Lipinski definition) is 6. The Hall–Kier alpha value is -3.42. The fraction of sp³-hybridized carbons (Fsp3) is 0.364. The number of fused-ring (bicyclic) bond motifs is 1. The van der Waals surface area contributed by atoms with E-state index in [0.29, 0.717) is 28.7 Å². The Labute approximate surface area is 175 Å². The van der Waals surface area contributed by atoms with Crippen LogP contribution in [0.5, 0.6) is 23.0 Å². The second kappa shape index (κ2) is 9.39. The standard InChI is InChI=1S/C22H26N2O6/c1-14-22(26)24(16-7-5-6-8-17(16)30-14)10-9-21(25)23-13-15-11-19(28-3)20(29-4)12-18(15)27-2/h5-8,11-12,14H,9-10,13H2,1-4H3,(H,23,25). The van der Waals surface area contributed by atoms with Crippen molar-refractivity contribution in [1.82, 2.24) is 5.32 Å². The molecule has 8 nitrogen and oxygen atoms in total. The third-order valence-corrected chi connectivity index (χ3v) is 4.90. The lowest BCUT2D eigenvalue weighted by Gasteiger charge is -2.32. The van der Waals surface area contributed by atoms with Crippen molar-refractivity contribution in [2.24, 2.45) is 0 Å². The third-order valence-electron chi connectivity index (χ3n) is 4.90. The Kier molecular flexibility index (Phi) is 6.66. The van der Waals surface area contributed by atoms with E-state index in [2.05, 4.69) is 5.32 Å². The Morgan fingerprint density at radius 2 is 1.73 bits per heavy atom. The minimum Gasteiger partial charge on any atom is -0.496 e. The highest BCUT2D eigenvalue weighted by atomic mass is 16.5. The molecule has 0 aliphatic carbocycles. The molecule has 1 heterocycles. The first-order chi connectivity index (χ1) is 14.5. The maximum absolute atomic E-state index is 12.5. The first kappa shape index (κ1) is 21.3. The van der Waals surface area contributed by atoms with Crippen LogP contribution in [0.15, 0.2) is 36.4 Å². The van der Waals surface area contributed by atoms with E-state index >= 15 is 0 Å². The zero-order valence-corrected chi connectivity index (χ0v) is 17.6. The van der Waals surface area contributed by atoms with Crippen molar-refractivity contribution < 1.29 is 28.5 Å². The predicted molar refractivity (Wildman–Crippen MR) is 111 cm³/mol. The molecule has 0 radical (unpaired) electrons. The quantitative estimate of drug-likeness (QED) is 0.714. The lowest BCUT2D eigenvalue weighted by atomic mass is 10.1. The number of nitrogens with zero attached hydrogens (tertiary/aromatic N) is 1. The van der Waals surface area contributed by atoms with Gasteiger partial charge >= 0.3 is 0 Å². The molecule has 0 fully saturated rings. The van der Waals surface area contributed by atoms with Crippen LogP contribution in [0, 0.1) is 0 Å². The highest BCUT2D eigenvalue weighted by molar-refractivity contribution is 6.00. The van der Waals surface area contributed by atoms with Crippen LogP contribution in [-0.2, 0) is 16.1 Å². The van der Waals surface area contributed by atoms with Crippen LogP contribution in [-0.4, -0.2) is 45.8 Å². The molecule has 2 aromatic carbocycles. The van der Waals surface area contributed by atoms with Gasteiger partial charge in [-0.3, -0.25) is 9.59 Å². The number of para-hydroxylation sites is 2. The molecule has 1 aliphatic rings. The van der Waals surface area contributed by atoms with Gasteiger partial charge in [-0.1, -0.05) is 12.1 Å². The Balaban J connectivity index is 1.64. The van der Waals surface area contributed by atoms with E-state index in [4.69, 9.17) is 18.9 Å². The van der Waals surface area contributed by atoms with Gasteiger partial charge in [0.25, 0.3) is 5.91 Å². The fourth-order valence-electron chi connectivity index (χ4n) is 3.32. The molecule has 160 valence electrons. The number of anilines is 1. The van der Waals surface area contributed by atoms with Gasteiger partial charge < -0.3 is 29.2 Å². The van der Waals surface area contributed by atoms with E-state index in [0.717, 1.165) is 5.56 Å². The van der Waals surface area contributed by atoms with Crippen LogP contribution in [0.1, 0.15) is 18.9 Å². The predicted octanol–water partition coefficient (Wildman–Crippen LogP) is 2.53. The molecular weight excluding hydrogens is 388 g/mol. The number of ether oxygens (including phenoxy) is 4. The molecule has 8 heteroatoms. The number of benzene rings is 2. The van der Waals surface area contributed by atoms with Crippen molar-refractivity contribution in [3.8, 4) is 23.0 Å². The first-order valence-electron chi connectivity index (χ1n) is 9.61. The zero-order valence-electron chi connectivity index (χ0n) is 17.6. The molecule has 0 saturated carbocycles. The van der Waals surface area contributed by atoms with Crippen LogP contribution in [0.4, 0.5) is 5.69 Å². The van der Waals surface area contributed by atoms with Crippen molar-refractivity contribution in [1.29, 1.82) is 0 Å². The summed E-state index contributed by atoms with van der Waals surface area (Å²) >= 11 is 0. The summed E-state index contributed by atoms with van der Waals surface area (Å²) in [6.45, 7) is 2.22. The minimum absolute atomic E-state index is 0.155.